The number of nitrogens with one attached hydrogen (secondary N) is 1. The standard InChI is InChI=1S/C15H12N2O5/c18-14(10-3-7-13(8-4-10)17(21)22)9-16-12-5-1-11(2-6-12)15(19)20/h1-8,16H,9H2,(H,19,20). The number of carbonyl (C=O) groups excluding carboxylic acids is 1. The van der Waals surface area contributed by atoms with Crippen molar-refractivity contribution in [3.8, 4) is 0 Å². The summed E-state index contributed by atoms with van der Waals surface area (Å²) < 4.78 is 0. The summed E-state index contributed by atoms with van der Waals surface area (Å²) in [5, 5.41) is 22.2. The summed E-state index contributed by atoms with van der Waals surface area (Å²) in [6.45, 7) is 0.00420. The minimum Gasteiger partial charge on any atom is -0.478 e. The van der Waals surface area contributed by atoms with Crippen molar-refractivity contribution in [2.45, 2.75) is 0 Å². The third-order valence-corrected chi connectivity index (χ3v) is 2.99. The molecule has 7 nitrogen and oxygen atoms in total. The first-order valence-electron chi connectivity index (χ1n) is 6.32. The number of hydrogen-bond acceptors (Lipinski definition) is 5. The van der Waals surface area contributed by atoms with Crippen molar-refractivity contribution < 1.29 is 19.6 Å². The number of nitro groups is 1. The molecule has 0 aromatic heterocycles. The van der Waals surface area contributed by atoms with Gasteiger partial charge in [0.2, 0.25) is 0 Å². The quantitative estimate of drug-likeness (QED) is 0.482. The fourth-order valence-corrected chi connectivity index (χ4v) is 1.78. The Morgan fingerprint density at radius 2 is 1.55 bits per heavy atom. The molecule has 0 amide bonds. The molecule has 0 aliphatic heterocycles. The first-order valence-corrected chi connectivity index (χ1v) is 6.32. The van der Waals surface area contributed by atoms with Crippen LogP contribution in [0.2, 0.25) is 0 Å². The number of benzene rings is 2. The van der Waals surface area contributed by atoms with E-state index in [1.54, 1.807) is 12.1 Å². The molecule has 0 saturated heterocycles. The molecule has 0 unspecified atom stereocenters. The summed E-state index contributed by atoms with van der Waals surface area (Å²) >= 11 is 0. The molecular weight excluding hydrogens is 288 g/mol. The smallest absolute Gasteiger partial charge is 0.335 e. The van der Waals surface area contributed by atoms with Crippen LogP contribution in [0.25, 0.3) is 0 Å². The molecule has 0 aliphatic rings. The topological polar surface area (TPSA) is 110 Å². The zero-order valence-electron chi connectivity index (χ0n) is 11.4. The van der Waals surface area contributed by atoms with Gasteiger partial charge in [-0.2, -0.15) is 0 Å². The Kier molecular flexibility index (Phi) is 4.47. The monoisotopic (exact) mass is 300 g/mol. The fourth-order valence-electron chi connectivity index (χ4n) is 1.78. The molecule has 0 fully saturated rings. The summed E-state index contributed by atoms with van der Waals surface area (Å²) in [6.07, 6.45) is 0. The summed E-state index contributed by atoms with van der Waals surface area (Å²) in [7, 11) is 0. The molecular formula is C15H12N2O5. The summed E-state index contributed by atoms with van der Waals surface area (Å²) in [5.74, 6) is -1.24. The van der Waals surface area contributed by atoms with Crippen LogP contribution in [0.15, 0.2) is 48.5 Å². The van der Waals surface area contributed by atoms with E-state index in [-0.39, 0.29) is 23.6 Å². The van der Waals surface area contributed by atoms with Gasteiger partial charge >= 0.3 is 5.97 Å². The van der Waals surface area contributed by atoms with E-state index in [1.807, 2.05) is 0 Å². The Bertz CT molecular complexity index is 708. The molecule has 0 spiro atoms. The van der Waals surface area contributed by atoms with Gasteiger partial charge in [-0.05, 0) is 36.4 Å². The minimum absolute atomic E-state index is 0.00420. The van der Waals surface area contributed by atoms with Gasteiger partial charge in [0.05, 0.1) is 17.0 Å². The molecule has 2 aromatic rings. The summed E-state index contributed by atoms with van der Waals surface area (Å²) in [6, 6.07) is 11.3. The number of rotatable bonds is 6. The average molecular weight is 300 g/mol. The molecule has 0 heterocycles. The highest BCUT2D eigenvalue weighted by atomic mass is 16.6. The van der Waals surface area contributed by atoms with E-state index in [9.17, 15) is 19.7 Å². The average Bonchev–Trinajstić information content (AvgIpc) is 2.53. The van der Waals surface area contributed by atoms with E-state index in [2.05, 4.69) is 5.32 Å². The van der Waals surface area contributed by atoms with Crippen LogP contribution >= 0.6 is 0 Å². The van der Waals surface area contributed by atoms with Crippen molar-refractivity contribution in [1.82, 2.24) is 0 Å². The van der Waals surface area contributed by atoms with Crippen LogP contribution in [0.3, 0.4) is 0 Å². The number of hydrogen-bond donors (Lipinski definition) is 2. The SMILES string of the molecule is O=C(O)c1ccc(NCC(=O)c2ccc([N+](=O)[O-])cc2)cc1. The van der Waals surface area contributed by atoms with Crippen LogP contribution in [-0.2, 0) is 0 Å². The molecule has 0 bridgehead atoms. The summed E-state index contributed by atoms with van der Waals surface area (Å²) in [4.78, 5) is 32.7. The first-order chi connectivity index (χ1) is 10.5. The maximum atomic E-state index is 11.9. The first kappa shape index (κ1) is 15.2. The van der Waals surface area contributed by atoms with Crippen molar-refractivity contribution in [2.75, 3.05) is 11.9 Å². The van der Waals surface area contributed by atoms with Gasteiger partial charge in [-0.3, -0.25) is 14.9 Å². The second-order valence-corrected chi connectivity index (χ2v) is 4.46. The second kappa shape index (κ2) is 6.49. The maximum absolute atomic E-state index is 11.9. The molecule has 0 saturated carbocycles. The highest BCUT2D eigenvalue weighted by Crippen LogP contribution is 2.13. The van der Waals surface area contributed by atoms with E-state index >= 15 is 0 Å². The zero-order valence-corrected chi connectivity index (χ0v) is 11.4. The predicted octanol–water partition coefficient (Wildman–Crippen LogP) is 2.59. The van der Waals surface area contributed by atoms with Crippen LogP contribution in [0, 0.1) is 10.1 Å². The highest BCUT2D eigenvalue weighted by Gasteiger charge is 2.09. The Balaban J connectivity index is 1.97. The van der Waals surface area contributed by atoms with Gasteiger partial charge in [0.1, 0.15) is 0 Å². The number of carboxylic acid groups (broad SMARTS) is 1. The number of Topliss-reactive ketones (excluding diaryl/α,β-unsaturated/α-hetero) is 1. The lowest BCUT2D eigenvalue weighted by Crippen LogP contribution is -2.14. The molecule has 112 valence electrons. The van der Waals surface area contributed by atoms with E-state index < -0.39 is 10.9 Å². The Hall–Kier alpha value is -3.22. The van der Waals surface area contributed by atoms with Crippen LogP contribution in [0.1, 0.15) is 20.7 Å². The number of non-ortho nitro benzene ring substituents is 1. The van der Waals surface area contributed by atoms with Crippen LogP contribution in [-0.4, -0.2) is 28.3 Å². The van der Waals surface area contributed by atoms with Crippen LogP contribution in [0.5, 0.6) is 0 Å². The van der Waals surface area contributed by atoms with Gasteiger partial charge in [0, 0.05) is 23.4 Å². The highest BCUT2D eigenvalue weighted by molar-refractivity contribution is 5.99. The molecule has 2 N–H and O–H groups in total. The fraction of sp³-hybridized carbons (Fsp3) is 0.0667. The normalized spacial score (nSPS) is 10.0. The molecule has 0 atom stereocenters. The third kappa shape index (κ3) is 3.66. The number of anilines is 1. The van der Waals surface area contributed by atoms with Gasteiger partial charge in [-0.25, -0.2) is 4.79 Å². The van der Waals surface area contributed by atoms with Crippen molar-refractivity contribution in [1.29, 1.82) is 0 Å². The van der Waals surface area contributed by atoms with Crippen molar-refractivity contribution in [3.05, 3.63) is 69.8 Å². The number of nitrogens with zero attached hydrogens (tertiary/aromatic N) is 1. The number of nitro benzene ring substituents is 1. The minimum atomic E-state index is -1.02. The lowest BCUT2D eigenvalue weighted by Gasteiger charge is -2.06. The summed E-state index contributed by atoms with van der Waals surface area (Å²) in [5.41, 5.74) is 1.06. The van der Waals surface area contributed by atoms with Gasteiger partial charge in [-0.1, -0.05) is 0 Å². The van der Waals surface area contributed by atoms with E-state index in [4.69, 9.17) is 5.11 Å². The Morgan fingerprint density at radius 3 is 2.05 bits per heavy atom. The lowest BCUT2D eigenvalue weighted by atomic mass is 10.1. The number of carbonyl (C=O) groups is 2. The lowest BCUT2D eigenvalue weighted by molar-refractivity contribution is -0.384. The number of carboxylic acids is 1. The molecule has 2 aromatic carbocycles. The van der Waals surface area contributed by atoms with Crippen molar-refractivity contribution >= 4 is 23.1 Å². The van der Waals surface area contributed by atoms with Crippen LogP contribution in [0.4, 0.5) is 11.4 Å². The molecule has 7 heteroatoms. The number of aromatic carboxylic acids is 1. The van der Waals surface area contributed by atoms with Crippen LogP contribution < -0.4 is 5.32 Å². The van der Waals surface area contributed by atoms with Gasteiger partial charge < -0.3 is 10.4 Å². The zero-order chi connectivity index (χ0) is 16.1. The molecule has 22 heavy (non-hydrogen) atoms. The molecule has 0 radical (unpaired) electrons. The second-order valence-electron chi connectivity index (χ2n) is 4.46. The molecule has 2 rings (SSSR count). The third-order valence-electron chi connectivity index (χ3n) is 2.99. The van der Waals surface area contributed by atoms with Crippen molar-refractivity contribution in [2.24, 2.45) is 0 Å². The van der Waals surface area contributed by atoms with E-state index in [1.165, 1.54) is 36.4 Å². The largest absolute Gasteiger partial charge is 0.478 e. The number of ketones is 1. The van der Waals surface area contributed by atoms with E-state index in [0.29, 0.717) is 11.3 Å². The van der Waals surface area contributed by atoms with Gasteiger partial charge in [0.25, 0.3) is 5.69 Å². The Morgan fingerprint density at radius 1 is 1.00 bits per heavy atom. The van der Waals surface area contributed by atoms with Gasteiger partial charge in [-0.15, -0.1) is 0 Å². The van der Waals surface area contributed by atoms with E-state index in [0.717, 1.165) is 0 Å². The predicted molar refractivity (Wildman–Crippen MR) is 79.3 cm³/mol. The maximum Gasteiger partial charge on any atom is 0.335 e. The van der Waals surface area contributed by atoms with Crippen molar-refractivity contribution in [3.63, 3.8) is 0 Å². The Labute approximate surface area is 125 Å². The van der Waals surface area contributed by atoms with Gasteiger partial charge in [0.15, 0.2) is 5.78 Å². The molecule has 0 aliphatic carbocycles.